The summed E-state index contributed by atoms with van der Waals surface area (Å²) in [5, 5.41) is 8.51. The van der Waals surface area contributed by atoms with Crippen LogP contribution in [0.25, 0.3) is 0 Å². The molecule has 0 spiro atoms. The molecule has 8 heavy (non-hydrogen) atoms. The predicted molar refractivity (Wildman–Crippen MR) is 31.4 cm³/mol. The lowest BCUT2D eigenvalue weighted by molar-refractivity contribution is 0.218. The average Bonchev–Trinajstić information content (AvgIpc) is 1.21. The molecule has 0 amide bonds. The Morgan fingerprint density at radius 1 is 1.62 bits per heavy atom. The summed E-state index contributed by atoms with van der Waals surface area (Å²) >= 11 is 0. The van der Waals surface area contributed by atoms with Crippen LogP contribution in [0.4, 0.5) is 0 Å². The van der Waals surface area contributed by atoms with Gasteiger partial charge in [-0.25, -0.2) is 8.42 Å². The van der Waals surface area contributed by atoms with Crippen molar-refractivity contribution < 1.29 is 13.5 Å². The zero-order chi connectivity index (χ0) is 6.78. The van der Waals surface area contributed by atoms with E-state index in [4.69, 9.17) is 5.11 Å². The number of hydrogen-bond acceptors (Lipinski definition) is 3. The molecule has 0 fully saturated rings. The molecule has 3 nitrogen and oxygen atoms in total. The van der Waals surface area contributed by atoms with Crippen LogP contribution < -0.4 is 0 Å². The SMILES string of the molecule is CC(O)CS(C)(=O)=O. The van der Waals surface area contributed by atoms with E-state index in [1.54, 1.807) is 0 Å². The first-order valence-electron chi connectivity index (χ1n) is 2.27. The van der Waals surface area contributed by atoms with Gasteiger partial charge in [-0.1, -0.05) is 0 Å². The van der Waals surface area contributed by atoms with Gasteiger partial charge in [-0.05, 0) is 6.92 Å². The summed E-state index contributed by atoms with van der Waals surface area (Å²) in [6.07, 6.45) is 0.352. The summed E-state index contributed by atoms with van der Waals surface area (Å²) in [5.41, 5.74) is 0. The van der Waals surface area contributed by atoms with Crippen molar-refractivity contribution in [3.63, 3.8) is 0 Å². The molecule has 50 valence electrons. The molecule has 4 heteroatoms. The molecule has 0 saturated heterocycles. The third-order valence-corrected chi connectivity index (χ3v) is 1.63. The summed E-state index contributed by atoms with van der Waals surface area (Å²) in [5.74, 6) is -0.146. The van der Waals surface area contributed by atoms with Gasteiger partial charge in [-0.15, -0.1) is 0 Å². The lowest BCUT2D eigenvalue weighted by Gasteiger charge is -1.98. The van der Waals surface area contributed by atoms with Gasteiger partial charge in [0.15, 0.2) is 0 Å². The fourth-order valence-corrected chi connectivity index (χ4v) is 1.31. The predicted octanol–water partition coefficient (Wildman–Crippen LogP) is -0.588. The quantitative estimate of drug-likeness (QED) is 0.555. The summed E-state index contributed by atoms with van der Waals surface area (Å²) in [4.78, 5) is 0. The molecule has 0 aliphatic carbocycles. The topological polar surface area (TPSA) is 54.4 Å². The maximum atomic E-state index is 10.3. The molecule has 1 N–H and O–H groups in total. The van der Waals surface area contributed by atoms with Crippen LogP contribution in [0.15, 0.2) is 0 Å². The zero-order valence-electron chi connectivity index (χ0n) is 4.96. The van der Waals surface area contributed by atoms with Gasteiger partial charge in [0.2, 0.25) is 0 Å². The number of aliphatic hydroxyl groups excluding tert-OH is 1. The third kappa shape index (κ3) is 5.91. The van der Waals surface area contributed by atoms with Gasteiger partial charge < -0.3 is 5.11 Å². The Morgan fingerprint density at radius 3 is 2.00 bits per heavy atom. The van der Waals surface area contributed by atoms with E-state index in [0.717, 1.165) is 6.26 Å². The highest BCUT2D eigenvalue weighted by Crippen LogP contribution is 1.86. The van der Waals surface area contributed by atoms with E-state index in [-0.39, 0.29) is 5.75 Å². The number of rotatable bonds is 2. The molecule has 0 aromatic heterocycles. The zero-order valence-corrected chi connectivity index (χ0v) is 5.77. The van der Waals surface area contributed by atoms with Crippen LogP contribution >= 0.6 is 0 Å². The highest BCUT2D eigenvalue weighted by Gasteiger charge is 2.05. The molecule has 1 atom stereocenters. The van der Waals surface area contributed by atoms with Crippen LogP contribution in [-0.2, 0) is 9.84 Å². The maximum absolute atomic E-state index is 10.3. The van der Waals surface area contributed by atoms with E-state index in [1.165, 1.54) is 6.92 Å². The Kier molecular flexibility index (Phi) is 2.43. The molecule has 1 unspecified atom stereocenters. The first kappa shape index (κ1) is 7.91. The molecular formula is C4H10O3S. The van der Waals surface area contributed by atoms with Crippen LogP contribution in [0.3, 0.4) is 0 Å². The molecule has 0 rings (SSSR count). The summed E-state index contributed by atoms with van der Waals surface area (Å²) in [7, 11) is -2.97. The minimum absolute atomic E-state index is 0.146. The molecule has 0 aliphatic rings. The first-order valence-corrected chi connectivity index (χ1v) is 4.33. The fourth-order valence-electron chi connectivity index (χ4n) is 0.438. The number of aliphatic hydroxyl groups is 1. The monoisotopic (exact) mass is 138 g/mol. The Balaban J connectivity index is 3.75. The average molecular weight is 138 g/mol. The lowest BCUT2D eigenvalue weighted by Crippen LogP contribution is -2.15. The molecule has 0 aromatic rings. The van der Waals surface area contributed by atoms with E-state index < -0.39 is 15.9 Å². The molecular weight excluding hydrogens is 128 g/mol. The Bertz CT molecular complexity index is 145. The smallest absolute Gasteiger partial charge is 0.149 e. The van der Waals surface area contributed by atoms with Gasteiger partial charge in [0.05, 0.1) is 11.9 Å². The van der Waals surface area contributed by atoms with E-state index >= 15 is 0 Å². The normalized spacial score (nSPS) is 15.9. The van der Waals surface area contributed by atoms with Crippen molar-refractivity contribution in [3.05, 3.63) is 0 Å². The van der Waals surface area contributed by atoms with Crippen LogP contribution in [0.5, 0.6) is 0 Å². The van der Waals surface area contributed by atoms with E-state index in [1.807, 2.05) is 0 Å². The van der Waals surface area contributed by atoms with Crippen LogP contribution in [0.2, 0.25) is 0 Å². The molecule has 0 radical (unpaired) electrons. The van der Waals surface area contributed by atoms with Gasteiger partial charge >= 0.3 is 0 Å². The Morgan fingerprint density at radius 2 is 2.00 bits per heavy atom. The van der Waals surface area contributed by atoms with Crippen molar-refractivity contribution in [2.75, 3.05) is 12.0 Å². The fraction of sp³-hybridized carbons (Fsp3) is 1.00. The Labute approximate surface area is 49.3 Å². The highest BCUT2D eigenvalue weighted by atomic mass is 32.2. The van der Waals surface area contributed by atoms with Crippen molar-refractivity contribution in [3.8, 4) is 0 Å². The van der Waals surface area contributed by atoms with E-state index in [2.05, 4.69) is 0 Å². The standard InChI is InChI=1S/C4H10O3S/c1-4(5)3-8(2,6)7/h4-5H,3H2,1-2H3. The van der Waals surface area contributed by atoms with E-state index in [0.29, 0.717) is 0 Å². The van der Waals surface area contributed by atoms with Crippen LogP contribution in [0, 0.1) is 0 Å². The van der Waals surface area contributed by atoms with Crippen molar-refractivity contribution in [2.45, 2.75) is 13.0 Å². The second-order valence-corrected chi connectivity index (χ2v) is 4.13. The van der Waals surface area contributed by atoms with E-state index in [9.17, 15) is 8.42 Å². The van der Waals surface area contributed by atoms with Gasteiger partial charge in [0, 0.05) is 6.26 Å². The lowest BCUT2D eigenvalue weighted by atomic mass is 10.5. The van der Waals surface area contributed by atoms with Gasteiger partial charge in [0.1, 0.15) is 9.84 Å². The van der Waals surface area contributed by atoms with Crippen molar-refractivity contribution >= 4 is 9.84 Å². The van der Waals surface area contributed by atoms with Crippen molar-refractivity contribution in [2.24, 2.45) is 0 Å². The molecule has 0 bridgehead atoms. The number of hydrogen-bond donors (Lipinski definition) is 1. The highest BCUT2D eigenvalue weighted by molar-refractivity contribution is 7.90. The number of sulfone groups is 1. The van der Waals surface area contributed by atoms with Crippen LogP contribution in [-0.4, -0.2) is 31.6 Å². The third-order valence-electron chi connectivity index (χ3n) is 0.544. The largest absolute Gasteiger partial charge is 0.392 e. The summed E-state index contributed by atoms with van der Waals surface area (Å²) in [6.45, 7) is 1.45. The minimum atomic E-state index is -2.97. The molecule has 0 aromatic carbocycles. The molecule has 0 aliphatic heterocycles. The van der Waals surface area contributed by atoms with Gasteiger partial charge in [-0.3, -0.25) is 0 Å². The van der Waals surface area contributed by atoms with Gasteiger partial charge in [-0.2, -0.15) is 0 Å². The molecule has 0 saturated carbocycles. The maximum Gasteiger partial charge on any atom is 0.149 e. The summed E-state index contributed by atoms with van der Waals surface area (Å²) in [6, 6.07) is 0. The second kappa shape index (κ2) is 2.46. The van der Waals surface area contributed by atoms with Crippen LogP contribution in [0.1, 0.15) is 6.92 Å². The second-order valence-electron chi connectivity index (χ2n) is 1.94. The Hall–Kier alpha value is -0.0900. The van der Waals surface area contributed by atoms with Gasteiger partial charge in [0.25, 0.3) is 0 Å². The van der Waals surface area contributed by atoms with Crippen molar-refractivity contribution in [1.29, 1.82) is 0 Å². The molecule has 0 heterocycles. The van der Waals surface area contributed by atoms with Crippen molar-refractivity contribution in [1.82, 2.24) is 0 Å². The minimum Gasteiger partial charge on any atom is -0.392 e. The first-order chi connectivity index (χ1) is 3.42. The summed E-state index contributed by atoms with van der Waals surface area (Å²) < 4.78 is 20.6.